The van der Waals surface area contributed by atoms with Crippen LogP contribution in [0.2, 0.25) is 20.1 Å². The summed E-state index contributed by atoms with van der Waals surface area (Å²) in [5.74, 6) is -2.33. The minimum absolute atomic E-state index is 0.00454. The van der Waals surface area contributed by atoms with E-state index in [0.717, 1.165) is 12.1 Å². The third kappa shape index (κ3) is 9.99. The van der Waals surface area contributed by atoms with Gasteiger partial charge in [-0.3, -0.25) is 19.2 Å². The number of amides is 2. The van der Waals surface area contributed by atoms with Crippen LogP contribution in [0.4, 0.5) is 26.3 Å². The zero-order valence-electron chi connectivity index (χ0n) is 38.2. The number of carbonyl (C=O) groups is 4. The number of aliphatic hydroxyl groups excluding tert-OH is 2. The van der Waals surface area contributed by atoms with Crippen molar-refractivity contribution in [3.8, 4) is 0 Å². The monoisotopic (exact) mass is 1050 g/mol. The lowest BCUT2D eigenvalue weighted by atomic mass is 9.95. The molecule has 2 amide bonds. The van der Waals surface area contributed by atoms with Crippen molar-refractivity contribution in [1.29, 1.82) is 0 Å². The number of benzene rings is 2. The van der Waals surface area contributed by atoms with Crippen LogP contribution in [0, 0.1) is 25.7 Å². The maximum Gasteiger partial charge on any atom is 0.433 e. The number of piperidine rings is 2. The summed E-state index contributed by atoms with van der Waals surface area (Å²) in [5, 5.41) is 20.4. The highest BCUT2D eigenvalue weighted by atomic mass is 35.5. The Labute approximate surface area is 416 Å². The molecule has 0 unspecified atom stereocenters. The molecule has 0 spiro atoms. The number of aliphatic hydroxyl groups is 2. The third-order valence-corrected chi connectivity index (χ3v) is 14.3. The fraction of sp³-hybridized carbons (Fsp3) is 0.375. The number of halogens is 10. The highest BCUT2D eigenvalue weighted by Crippen LogP contribution is 2.38. The number of carbonyl (C=O) groups excluding carboxylic acids is 4. The van der Waals surface area contributed by atoms with Gasteiger partial charge in [0.1, 0.15) is 22.7 Å². The van der Waals surface area contributed by atoms with Crippen LogP contribution in [-0.4, -0.2) is 101 Å². The van der Waals surface area contributed by atoms with Crippen molar-refractivity contribution < 1.29 is 55.7 Å². The van der Waals surface area contributed by atoms with Crippen molar-refractivity contribution in [3.05, 3.63) is 125 Å². The lowest BCUT2D eigenvalue weighted by Gasteiger charge is -2.34. The average molecular weight is 1060 g/mol. The molecule has 70 heavy (non-hydrogen) atoms. The Morgan fingerprint density at radius 3 is 1.26 bits per heavy atom. The predicted octanol–water partition coefficient (Wildman–Crippen LogP) is 10.6. The summed E-state index contributed by atoms with van der Waals surface area (Å²) in [5.41, 5.74) is -1.57. The highest BCUT2D eigenvalue weighted by Gasteiger charge is 2.37. The molecule has 2 saturated heterocycles. The maximum absolute atomic E-state index is 13.5. The number of hydrogen-bond donors (Lipinski definition) is 2. The summed E-state index contributed by atoms with van der Waals surface area (Å²) in [6.07, 6.45) is -9.44. The summed E-state index contributed by atoms with van der Waals surface area (Å²) in [6.45, 7) is 8.01. The van der Waals surface area contributed by atoms with Crippen molar-refractivity contribution in [2.24, 2.45) is 25.9 Å². The van der Waals surface area contributed by atoms with Crippen LogP contribution in [0.25, 0.3) is 22.1 Å². The summed E-state index contributed by atoms with van der Waals surface area (Å²) in [4.78, 5) is 63.9. The zero-order chi connectivity index (χ0) is 51.6. The molecule has 22 heteroatoms. The van der Waals surface area contributed by atoms with E-state index in [1.54, 1.807) is 9.80 Å². The molecule has 372 valence electrons. The summed E-state index contributed by atoms with van der Waals surface area (Å²) < 4.78 is 82.1. The molecule has 2 aliphatic heterocycles. The van der Waals surface area contributed by atoms with E-state index in [4.69, 9.17) is 46.4 Å². The molecule has 0 radical (unpaired) electrons. The number of rotatable bonds is 6. The van der Waals surface area contributed by atoms with E-state index in [9.17, 15) is 55.7 Å². The van der Waals surface area contributed by atoms with Crippen molar-refractivity contribution >= 4 is 91.9 Å². The van der Waals surface area contributed by atoms with Gasteiger partial charge in [0.15, 0.2) is 0 Å². The number of likely N-dealkylation sites (tertiary alicyclic amines) is 2. The van der Waals surface area contributed by atoms with Gasteiger partial charge >= 0.3 is 12.4 Å². The Morgan fingerprint density at radius 2 is 0.943 bits per heavy atom. The van der Waals surface area contributed by atoms with Gasteiger partial charge in [-0.05, 0) is 98.2 Å². The van der Waals surface area contributed by atoms with Crippen LogP contribution in [0.5, 0.6) is 0 Å². The molecular formula is C48H44Cl4F6N6O6. The van der Waals surface area contributed by atoms with Gasteiger partial charge in [-0.1, -0.05) is 60.3 Å². The lowest BCUT2D eigenvalue weighted by molar-refractivity contribution is -0.141. The van der Waals surface area contributed by atoms with Gasteiger partial charge in [-0.2, -0.15) is 26.3 Å². The smallest absolute Gasteiger partial charge is 0.393 e. The normalized spacial score (nSPS) is 18.8. The predicted molar refractivity (Wildman–Crippen MR) is 252 cm³/mol. The van der Waals surface area contributed by atoms with Crippen LogP contribution in [0.15, 0.2) is 48.5 Å². The molecule has 12 nitrogen and oxygen atoms in total. The molecule has 4 aromatic heterocycles. The Balaban J connectivity index is 0.000000206. The quantitative estimate of drug-likeness (QED) is 0.124. The second-order valence-corrected chi connectivity index (χ2v) is 19.3. The van der Waals surface area contributed by atoms with Gasteiger partial charge in [-0.15, -0.1) is 0 Å². The number of nitrogens with zero attached hydrogens (tertiary/aromatic N) is 6. The summed E-state index contributed by atoms with van der Waals surface area (Å²) >= 11 is 25.7. The molecule has 2 aliphatic rings. The van der Waals surface area contributed by atoms with E-state index >= 15 is 0 Å². The highest BCUT2D eigenvalue weighted by molar-refractivity contribution is 6.43. The fourth-order valence-corrected chi connectivity index (χ4v) is 9.95. The van der Waals surface area contributed by atoms with Crippen LogP contribution in [0.3, 0.4) is 0 Å². The first-order chi connectivity index (χ1) is 32.6. The molecule has 4 atom stereocenters. The standard InChI is InChI=1S/2C24H22Cl2F3N3O3/c2*1-11-8-18(24(27,28)29)30-22-14(11)9-16(31(22)3)21(34)19-15(25)5-4-13(20(19)26)23(35)32-7-6-17(33)12(2)10-32/h2*4-5,8-9,12,17,33H,6-7,10H2,1-3H3/t2*12-,17-/m10/s1. The molecule has 0 bridgehead atoms. The second-order valence-electron chi connectivity index (χ2n) is 17.7. The van der Waals surface area contributed by atoms with Crippen molar-refractivity contribution in [3.63, 3.8) is 0 Å². The number of hydrogen-bond acceptors (Lipinski definition) is 8. The summed E-state index contributed by atoms with van der Waals surface area (Å²) in [6, 6.07) is 10.4. The van der Waals surface area contributed by atoms with Crippen LogP contribution in [-0.2, 0) is 26.4 Å². The first-order valence-corrected chi connectivity index (χ1v) is 23.2. The minimum atomic E-state index is -4.64. The molecule has 0 aliphatic carbocycles. The van der Waals surface area contributed by atoms with Crippen LogP contribution in [0.1, 0.15) is 102 Å². The first-order valence-electron chi connectivity index (χ1n) is 21.7. The zero-order valence-corrected chi connectivity index (χ0v) is 41.2. The van der Waals surface area contributed by atoms with E-state index in [2.05, 4.69) is 9.97 Å². The van der Waals surface area contributed by atoms with E-state index < -0.39 is 59.3 Å². The number of ketones is 2. The number of aryl methyl sites for hydroxylation is 4. The number of aromatic nitrogens is 4. The Hall–Kier alpha value is -5.24. The van der Waals surface area contributed by atoms with Crippen molar-refractivity contribution in [2.75, 3.05) is 26.2 Å². The van der Waals surface area contributed by atoms with E-state index in [-0.39, 0.29) is 76.9 Å². The Morgan fingerprint density at radius 1 is 0.600 bits per heavy atom. The molecule has 8 rings (SSSR count). The topological polar surface area (TPSA) is 151 Å². The van der Waals surface area contributed by atoms with Gasteiger partial charge in [0.25, 0.3) is 11.8 Å². The van der Waals surface area contributed by atoms with E-state index in [0.29, 0.717) is 60.9 Å². The van der Waals surface area contributed by atoms with Gasteiger partial charge in [0.05, 0.1) is 65.9 Å². The second kappa shape index (κ2) is 19.8. The fourth-order valence-electron chi connectivity index (χ4n) is 8.70. The van der Waals surface area contributed by atoms with Crippen LogP contribution < -0.4 is 0 Å². The molecule has 6 aromatic rings. The third-order valence-electron chi connectivity index (χ3n) is 12.8. The van der Waals surface area contributed by atoms with Gasteiger partial charge < -0.3 is 29.1 Å². The molecule has 2 N–H and O–H groups in total. The Kier molecular flexibility index (Phi) is 14.8. The molecule has 2 aromatic carbocycles. The number of alkyl halides is 6. The van der Waals surface area contributed by atoms with Gasteiger partial charge in [0, 0.05) is 51.0 Å². The average Bonchev–Trinajstić information content (AvgIpc) is 3.81. The van der Waals surface area contributed by atoms with Crippen molar-refractivity contribution in [2.45, 2.75) is 65.1 Å². The maximum atomic E-state index is 13.5. The minimum Gasteiger partial charge on any atom is -0.393 e. The summed E-state index contributed by atoms with van der Waals surface area (Å²) in [7, 11) is 2.86. The number of pyridine rings is 2. The first kappa shape index (κ1) is 52.6. The molecule has 0 saturated carbocycles. The van der Waals surface area contributed by atoms with Gasteiger partial charge in [0.2, 0.25) is 11.6 Å². The van der Waals surface area contributed by atoms with Crippen molar-refractivity contribution in [1.82, 2.24) is 28.9 Å². The van der Waals surface area contributed by atoms with Gasteiger partial charge in [-0.25, -0.2) is 9.97 Å². The number of fused-ring (bicyclic) bond motifs is 2. The van der Waals surface area contributed by atoms with E-state index in [1.165, 1.54) is 73.5 Å². The molecule has 2 fully saturated rings. The van der Waals surface area contributed by atoms with Crippen LogP contribution >= 0.6 is 46.4 Å². The van der Waals surface area contributed by atoms with E-state index in [1.807, 2.05) is 13.8 Å². The largest absolute Gasteiger partial charge is 0.433 e. The molecular weight excluding hydrogens is 1010 g/mol. The molecule has 6 heterocycles. The SMILES string of the molecule is Cc1cc(C(F)(F)F)nc2c1cc(C(=O)c1c(Cl)ccc(C(=O)N3CC[C@@H](O)[C@H](C)C3)c1Cl)n2C.Cc1cc(C(F)(F)F)nc2c1cc(C(=O)c1c(Cl)ccc(C(=O)N3CC[C@H](O)[C@@H](C)C3)c1Cl)n2C. The lowest BCUT2D eigenvalue weighted by Crippen LogP contribution is -2.45. The Bertz CT molecular complexity index is 2910.